The van der Waals surface area contributed by atoms with Crippen molar-refractivity contribution < 1.29 is 14.3 Å². The predicted octanol–water partition coefficient (Wildman–Crippen LogP) is 2.02. The zero-order valence-electron chi connectivity index (χ0n) is 13.5. The molecule has 24 heavy (non-hydrogen) atoms. The number of nitrogens with one attached hydrogen (secondary N) is 2. The summed E-state index contributed by atoms with van der Waals surface area (Å²) in [5, 5.41) is 6.40. The molecule has 0 unspecified atom stereocenters. The molecular formula is C18H19N3O3. The highest BCUT2D eigenvalue weighted by Crippen LogP contribution is 2.14. The highest BCUT2D eigenvalue weighted by molar-refractivity contribution is 6.35. The molecule has 0 saturated carbocycles. The van der Waals surface area contributed by atoms with Gasteiger partial charge in [0.2, 0.25) is 0 Å². The van der Waals surface area contributed by atoms with Crippen LogP contribution in [0, 0.1) is 0 Å². The molecule has 2 rings (SSSR count). The first-order valence-electron chi connectivity index (χ1n) is 7.43. The van der Waals surface area contributed by atoms with Gasteiger partial charge in [0.05, 0.1) is 19.4 Å². The van der Waals surface area contributed by atoms with E-state index < -0.39 is 11.8 Å². The van der Waals surface area contributed by atoms with E-state index in [0.29, 0.717) is 11.3 Å². The minimum absolute atomic E-state index is 0.275. The number of amides is 2. The Bertz CT molecular complexity index is 729. The first-order valence-corrected chi connectivity index (χ1v) is 7.43. The summed E-state index contributed by atoms with van der Waals surface area (Å²) in [5.74, 6) is -0.954. The molecule has 2 aromatic rings. The Morgan fingerprint density at radius 1 is 1.04 bits per heavy atom. The van der Waals surface area contributed by atoms with Crippen LogP contribution in [0.15, 0.2) is 59.7 Å². The number of rotatable bonds is 5. The Morgan fingerprint density at radius 2 is 1.71 bits per heavy atom. The minimum Gasteiger partial charge on any atom is -0.496 e. The first-order chi connectivity index (χ1) is 11.6. The Morgan fingerprint density at radius 3 is 2.42 bits per heavy atom. The minimum atomic E-state index is -0.830. The van der Waals surface area contributed by atoms with Crippen molar-refractivity contribution in [2.45, 2.75) is 13.0 Å². The standard InChI is InChI=1S/C18H19N3O3/c1-13(14-8-4-3-5-9-14)20-17(22)18(23)21-19-12-15-10-6-7-11-16(15)24-2/h3-13H,1-2H3,(H,20,22)(H,21,23)/b19-12-/t13-/m0/s1. The number of hydrogen-bond donors (Lipinski definition) is 2. The van der Waals surface area contributed by atoms with Crippen LogP contribution < -0.4 is 15.5 Å². The topological polar surface area (TPSA) is 79.8 Å². The van der Waals surface area contributed by atoms with Gasteiger partial charge in [-0.3, -0.25) is 9.59 Å². The Hall–Kier alpha value is -3.15. The molecule has 0 heterocycles. The zero-order valence-corrected chi connectivity index (χ0v) is 13.5. The number of ether oxygens (including phenoxy) is 1. The molecule has 0 aliphatic heterocycles. The van der Waals surface area contributed by atoms with E-state index >= 15 is 0 Å². The third-order valence-corrected chi connectivity index (χ3v) is 3.36. The summed E-state index contributed by atoms with van der Waals surface area (Å²) in [4.78, 5) is 23.7. The molecule has 0 aromatic heterocycles. The van der Waals surface area contributed by atoms with Crippen LogP contribution in [-0.2, 0) is 9.59 Å². The molecule has 0 aliphatic carbocycles. The maximum Gasteiger partial charge on any atom is 0.329 e. The van der Waals surface area contributed by atoms with Gasteiger partial charge in [-0.15, -0.1) is 0 Å². The summed E-state index contributed by atoms with van der Waals surface area (Å²) in [6, 6.07) is 16.3. The SMILES string of the molecule is COc1ccccc1/C=N\NC(=O)C(=O)N[C@@H](C)c1ccccc1. The van der Waals surface area contributed by atoms with E-state index in [1.54, 1.807) is 26.2 Å². The first kappa shape index (κ1) is 17.2. The monoisotopic (exact) mass is 325 g/mol. The number of hydrazone groups is 1. The second kappa shape index (κ2) is 8.47. The summed E-state index contributed by atoms with van der Waals surface area (Å²) in [7, 11) is 1.55. The molecule has 0 saturated heterocycles. The van der Waals surface area contributed by atoms with Crippen molar-refractivity contribution in [1.29, 1.82) is 0 Å². The van der Waals surface area contributed by atoms with Gasteiger partial charge in [0, 0.05) is 5.56 Å². The number of benzene rings is 2. The van der Waals surface area contributed by atoms with Gasteiger partial charge in [0.1, 0.15) is 5.75 Å². The fourth-order valence-electron chi connectivity index (χ4n) is 2.07. The second-order valence-corrected chi connectivity index (χ2v) is 5.05. The molecule has 0 radical (unpaired) electrons. The molecule has 0 bridgehead atoms. The maximum absolute atomic E-state index is 11.9. The molecule has 1 atom stereocenters. The van der Waals surface area contributed by atoms with Crippen LogP contribution in [0.2, 0.25) is 0 Å². The molecule has 6 nitrogen and oxygen atoms in total. The number of methoxy groups -OCH3 is 1. The normalized spacial score (nSPS) is 11.8. The van der Waals surface area contributed by atoms with E-state index in [1.807, 2.05) is 42.5 Å². The number of nitrogens with zero attached hydrogens (tertiary/aromatic N) is 1. The van der Waals surface area contributed by atoms with Gasteiger partial charge in [-0.2, -0.15) is 5.10 Å². The summed E-state index contributed by atoms with van der Waals surface area (Å²) in [6.45, 7) is 1.80. The fourth-order valence-corrected chi connectivity index (χ4v) is 2.07. The largest absolute Gasteiger partial charge is 0.496 e. The van der Waals surface area contributed by atoms with Crippen molar-refractivity contribution in [2.24, 2.45) is 5.10 Å². The molecule has 0 fully saturated rings. The fraction of sp³-hybridized carbons (Fsp3) is 0.167. The van der Waals surface area contributed by atoms with Gasteiger partial charge in [-0.1, -0.05) is 42.5 Å². The molecule has 0 spiro atoms. The molecule has 0 aliphatic rings. The van der Waals surface area contributed by atoms with E-state index in [1.165, 1.54) is 6.21 Å². The number of para-hydroxylation sites is 1. The predicted molar refractivity (Wildman–Crippen MR) is 91.7 cm³/mol. The average molecular weight is 325 g/mol. The number of carbonyl (C=O) groups is 2. The highest BCUT2D eigenvalue weighted by Gasteiger charge is 2.16. The van der Waals surface area contributed by atoms with Crippen LogP contribution in [-0.4, -0.2) is 25.1 Å². The summed E-state index contributed by atoms with van der Waals surface area (Å²) in [5.41, 5.74) is 3.81. The van der Waals surface area contributed by atoms with Crippen LogP contribution in [0.4, 0.5) is 0 Å². The molecule has 2 aromatic carbocycles. The van der Waals surface area contributed by atoms with Crippen LogP contribution >= 0.6 is 0 Å². The lowest BCUT2D eigenvalue weighted by atomic mass is 10.1. The van der Waals surface area contributed by atoms with Crippen LogP contribution in [0.5, 0.6) is 5.75 Å². The third kappa shape index (κ3) is 4.67. The van der Waals surface area contributed by atoms with E-state index in [-0.39, 0.29) is 6.04 Å². The van der Waals surface area contributed by atoms with Crippen molar-refractivity contribution >= 4 is 18.0 Å². The molecule has 2 amide bonds. The maximum atomic E-state index is 11.9. The Kier molecular flexibility index (Phi) is 6.08. The van der Waals surface area contributed by atoms with Gasteiger partial charge >= 0.3 is 11.8 Å². The summed E-state index contributed by atoms with van der Waals surface area (Å²) < 4.78 is 5.17. The van der Waals surface area contributed by atoms with Crippen molar-refractivity contribution in [3.8, 4) is 5.75 Å². The van der Waals surface area contributed by atoms with E-state index in [4.69, 9.17) is 4.74 Å². The van der Waals surface area contributed by atoms with Crippen LogP contribution in [0.1, 0.15) is 24.1 Å². The Balaban J connectivity index is 1.90. The van der Waals surface area contributed by atoms with Gasteiger partial charge in [0.25, 0.3) is 0 Å². The van der Waals surface area contributed by atoms with Crippen molar-refractivity contribution in [3.63, 3.8) is 0 Å². The summed E-state index contributed by atoms with van der Waals surface area (Å²) >= 11 is 0. The van der Waals surface area contributed by atoms with Crippen molar-refractivity contribution in [2.75, 3.05) is 7.11 Å². The van der Waals surface area contributed by atoms with Crippen molar-refractivity contribution in [3.05, 3.63) is 65.7 Å². The van der Waals surface area contributed by atoms with Gasteiger partial charge < -0.3 is 10.1 Å². The van der Waals surface area contributed by atoms with Crippen LogP contribution in [0.3, 0.4) is 0 Å². The van der Waals surface area contributed by atoms with Crippen LogP contribution in [0.25, 0.3) is 0 Å². The van der Waals surface area contributed by atoms with Gasteiger partial charge in [-0.05, 0) is 24.6 Å². The third-order valence-electron chi connectivity index (χ3n) is 3.36. The lowest BCUT2D eigenvalue weighted by molar-refractivity contribution is -0.139. The quantitative estimate of drug-likeness (QED) is 0.501. The number of carbonyl (C=O) groups excluding carboxylic acids is 2. The van der Waals surface area contributed by atoms with E-state index in [2.05, 4.69) is 15.8 Å². The highest BCUT2D eigenvalue weighted by atomic mass is 16.5. The smallest absolute Gasteiger partial charge is 0.329 e. The van der Waals surface area contributed by atoms with E-state index in [0.717, 1.165) is 5.56 Å². The zero-order chi connectivity index (χ0) is 17.4. The average Bonchev–Trinajstić information content (AvgIpc) is 2.62. The molecular weight excluding hydrogens is 306 g/mol. The molecule has 124 valence electrons. The van der Waals surface area contributed by atoms with Gasteiger partial charge in [0.15, 0.2) is 0 Å². The second-order valence-electron chi connectivity index (χ2n) is 5.05. The number of hydrogen-bond acceptors (Lipinski definition) is 4. The van der Waals surface area contributed by atoms with Crippen molar-refractivity contribution in [1.82, 2.24) is 10.7 Å². The molecule has 6 heteroatoms. The Labute approximate surface area is 140 Å². The molecule has 2 N–H and O–H groups in total. The lowest BCUT2D eigenvalue weighted by Gasteiger charge is -2.13. The lowest BCUT2D eigenvalue weighted by Crippen LogP contribution is -2.39. The summed E-state index contributed by atoms with van der Waals surface area (Å²) in [6.07, 6.45) is 1.42. The van der Waals surface area contributed by atoms with Gasteiger partial charge in [-0.25, -0.2) is 5.43 Å². The van der Waals surface area contributed by atoms with E-state index in [9.17, 15) is 9.59 Å².